The summed E-state index contributed by atoms with van der Waals surface area (Å²) in [7, 11) is 0. The first-order valence-electron chi connectivity index (χ1n) is 9.70. The van der Waals surface area contributed by atoms with E-state index in [-0.39, 0.29) is 5.54 Å². The molecule has 2 aliphatic rings. The van der Waals surface area contributed by atoms with Crippen LogP contribution >= 0.6 is 0 Å². The summed E-state index contributed by atoms with van der Waals surface area (Å²) in [4.78, 5) is 2.68. The SMILES string of the molecule is CCCCC1CCC(CN2c3ccccc3NCC2(C)C)CC1. The Bertz CT molecular complexity index is 500. The molecule has 0 atom stereocenters. The standard InChI is InChI=1S/C21H34N2/c1-4-5-8-17-11-13-18(14-12-17)15-23-20-10-7-6-9-19(20)22-16-21(23,2)3/h6-7,9-10,17-18,22H,4-5,8,11-16H2,1-3H3. The molecule has 23 heavy (non-hydrogen) atoms. The largest absolute Gasteiger partial charge is 0.381 e. The molecule has 3 rings (SSSR count). The molecule has 0 unspecified atom stereocenters. The summed E-state index contributed by atoms with van der Waals surface area (Å²) in [6, 6.07) is 8.83. The highest BCUT2D eigenvalue weighted by molar-refractivity contribution is 5.73. The topological polar surface area (TPSA) is 15.3 Å². The third-order valence-electron chi connectivity index (χ3n) is 6.01. The first-order valence-corrected chi connectivity index (χ1v) is 9.70. The van der Waals surface area contributed by atoms with Crippen molar-refractivity contribution >= 4 is 11.4 Å². The van der Waals surface area contributed by atoms with E-state index < -0.39 is 0 Å². The molecule has 1 aromatic rings. The van der Waals surface area contributed by atoms with E-state index in [0.717, 1.165) is 18.4 Å². The number of para-hydroxylation sites is 2. The Morgan fingerprint density at radius 3 is 2.52 bits per heavy atom. The van der Waals surface area contributed by atoms with Crippen molar-refractivity contribution < 1.29 is 0 Å². The highest BCUT2D eigenvalue weighted by atomic mass is 15.3. The Hall–Kier alpha value is -1.18. The van der Waals surface area contributed by atoms with Crippen LogP contribution in [0.4, 0.5) is 11.4 Å². The fourth-order valence-corrected chi connectivity index (χ4v) is 4.39. The van der Waals surface area contributed by atoms with Gasteiger partial charge in [0.05, 0.1) is 16.9 Å². The minimum absolute atomic E-state index is 0.202. The molecule has 0 spiro atoms. The van der Waals surface area contributed by atoms with Crippen LogP contribution in [0.15, 0.2) is 24.3 Å². The Labute approximate surface area is 142 Å². The predicted octanol–water partition coefficient (Wildman–Crippen LogP) is 5.69. The van der Waals surface area contributed by atoms with Crippen molar-refractivity contribution in [2.45, 2.75) is 71.3 Å². The van der Waals surface area contributed by atoms with Gasteiger partial charge in [0, 0.05) is 13.1 Å². The first-order chi connectivity index (χ1) is 11.1. The first kappa shape index (κ1) is 16.7. The third-order valence-corrected chi connectivity index (χ3v) is 6.01. The fourth-order valence-electron chi connectivity index (χ4n) is 4.39. The van der Waals surface area contributed by atoms with Crippen LogP contribution in [0.3, 0.4) is 0 Å². The molecule has 0 aromatic heterocycles. The van der Waals surface area contributed by atoms with Gasteiger partial charge in [0.25, 0.3) is 0 Å². The third kappa shape index (κ3) is 3.84. The summed E-state index contributed by atoms with van der Waals surface area (Å²) < 4.78 is 0. The molecule has 0 bridgehead atoms. The van der Waals surface area contributed by atoms with Crippen molar-refractivity contribution in [1.29, 1.82) is 0 Å². The molecule has 1 saturated carbocycles. The molecule has 1 N–H and O–H groups in total. The van der Waals surface area contributed by atoms with Crippen LogP contribution in [0, 0.1) is 11.8 Å². The van der Waals surface area contributed by atoms with Crippen LogP contribution in [-0.2, 0) is 0 Å². The van der Waals surface area contributed by atoms with Crippen molar-refractivity contribution in [2.75, 3.05) is 23.3 Å². The molecule has 0 radical (unpaired) electrons. The Morgan fingerprint density at radius 1 is 1.09 bits per heavy atom. The van der Waals surface area contributed by atoms with Crippen molar-refractivity contribution in [2.24, 2.45) is 11.8 Å². The molecule has 2 nitrogen and oxygen atoms in total. The Kier molecular flexibility index (Phi) is 5.18. The molecule has 2 heteroatoms. The number of nitrogens with one attached hydrogen (secondary N) is 1. The summed E-state index contributed by atoms with van der Waals surface area (Å²) >= 11 is 0. The lowest BCUT2D eigenvalue weighted by molar-refractivity contribution is 0.252. The van der Waals surface area contributed by atoms with Crippen molar-refractivity contribution in [3.05, 3.63) is 24.3 Å². The molecule has 0 saturated heterocycles. The van der Waals surface area contributed by atoms with Gasteiger partial charge in [-0.15, -0.1) is 0 Å². The molecular formula is C21H34N2. The minimum atomic E-state index is 0.202. The molecule has 1 heterocycles. The highest BCUT2D eigenvalue weighted by Crippen LogP contribution is 2.39. The summed E-state index contributed by atoms with van der Waals surface area (Å²) in [6.07, 6.45) is 10.0. The van der Waals surface area contributed by atoms with E-state index in [4.69, 9.17) is 0 Å². The predicted molar refractivity (Wildman–Crippen MR) is 101 cm³/mol. The minimum Gasteiger partial charge on any atom is -0.381 e. The van der Waals surface area contributed by atoms with E-state index in [1.165, 1.54) is 62.9 Å². The quantitative estimate of drug-likeness (QED) is 0.750. The second-order valence-electron chi connectivity index (χ2n) is 8.32. The van der Waals surface area contributed by atoms with Gasteiger partial charge in [-0.1, -0.05) is 51.2 Å². The zero-order valence-corrected chi connectivity index (χ0v) is 15.3. The van der Waals surface area contributed by atoms with Crippen molar-refractivity contribution in [3.8, 4) is 0 Å². The second kappa shape index (κ2) is 7.15. The number of hydrogen-bond acceptors (Lipinski definition) is 2. The van der Waals surface area contributed by atoms with Gasteiger partial charge in [0.1, 0.15) is 0 Å². The van der Waals surface area contributed by atoms with Crippen molar-refractivity contribution in [3.63, 3.8) is 0 Å². The van der Waals surface area contributed by atoms with E-state index in [1.807, 2.05) is 0 Å². The van der Waals surface area contributed by atoms with Gasteiger partial charge >= 0.3 is 0 Å². The summed E-state index contributed by atoms with van der Waals surface area (Å²) in [5, 5.41) is 3.61. The average Bonchev–Trinajstić information content (AvgIpc) is 2.57. The van der Waals surface area contributed by atoms with E-state index in [9.17, 15) is 0 Å². The number of anilines is 2. The van der Waals surface area contributed by atoms with Crippen LogP contribution in [0.2, 0.25) is 0 Å². The average molecular weight is 315 g/mol. The number of fused-ring (bicyclic) bond motifs is 1. The van der Waals surface area contributed by atoms with E-state index in [2.05, 4.69) is 55.3 Å². The summed E-state index contributed by atoms with van der Waals surface area (Å²) in [5.41, 5.74) is 2.91. The van der Waals surface area contributed by atoms with Crippen LogP contribution in [-0.4, -0.2) is 18.6 Å². The van der Waals surface area contributed by atoms with Crippen LogP contribution < -0.4 is 10.2 Å². The van der Waals surface area contributed by atoms with Crippen LogP contribution in [0.1, 0.15) is 65.7 Å². The highest BCUT2D eigenvalue weighted by Gasteiger charge is 2.34. The lowest BCUT2D eigenvalue weighted by Crippen LogP contribution is -2.54. The van der Waals surface area contributed by atoms with Gasteiger partial charge in [0.2, 0.25) is 0 Å². The lowest BCUT2D eigenvalue weighted by atomic mass is 9.79. The second-order valence-corrected chi connectivity index (χ2v) is 8.32. The maximum Gasteiger partial charge on any atom is 0.0607 e. The number of hydrogen-bond donors (Lipinski definition) is 1. The van der Waals surface area contributed by atoms with Gasteiger partial charge < -0.3 is 10.2 Å². The van der Waals surface area contributed by atoms with Gasteiger partial charge in [0.15, 0.2) is 0 Å². The lowest BCUT2D eigenvalue weighted by Gasteiger charge is -2.47. The van der Waals surface area contributed by atoms with Gasteiger partial charge in [-0.25, -0.2) is 0 Å². The molecular weight excluding hydrogens is 280 g/mol. The molecule has 1 aliphatic heterocycles. The monoisotopic (exact) mass is 314 g/mol. The zero-order valence-electron chi connectivity index (χ0n) is 15.3. The van der Waals surface area contributed by atoms with Gasteiger partial charge in [-0.05, 0) is 50.7 Å². The van der Waals surface area contributed by atoms with E-state index >= 15 is 0 Å². The zero-order chi connectivity index (χ0) is 16.3. The normalized spacial score (nSPS) is 26.5. The number of unbranched alkanes of at least 4 members (excludes halogenated alkanes) is 1. The Balaban J connectivity index is 1.63. The summed E-state index contributed by atoms with van der Waals surface area (Å²) in [5.74, 6) is 1.88. The van der Waals surface area contributed by atoms with E-state index in [1.54, 1.807) is 0 Å². The fraction of sp³-hybridized carbons (Fsp3) is 0.714. The van der Waals surface area contributed by atoms with Gasteiger partial charge in [-0.2, -0.15) is 0 Å². The molecule has 1 aromatic carbocycles. The molecule has 0 amide bonds. The Morgan fingerprint density at radius 2 is 1.78 bits per heavy atom. The number of benzene rings is 1. The summed E-state index contributed by atoms with van der Waals surface area (Å²) in [6.45, 7) is 9.34. The number of rotatable bonds is 5. The van der Waals surface area contributed by atoms with Crippen LogP contribution in [0.25, 0.3) is 0 Å². The maximum atomic E-state index is 3.61. The van der Waals surface area contributed by atoms with E-state index in [0.29, 0.717) is 0 Å². The van der Waals surface area contributed by atoms with Crippen LogP contribution in [0.5, 0.6) is 0 Å². The van der Waals surface area contributed by atoms with Crippen molar-refractivity contribution in [1.82, 2.24) is 0 Å². The maximum absolute atomic E-state index is 3.61. The molecule has 128 valence electrons. The smallest absolute Gasteiger partial charge is 0.0607 e. The molecule has 1 aliphatic carbocycles. The number of nitrogens with zero attached hydrogens (tertiary/aromatic N) is 1. The van der Waals surface area contributed by atoms with Gasteiger partial charge in [-0.3, -0.25) is 0 Å². The molecule has 1 fully saturated rings.